The fourth-order valence-corrected chi connectivity index (χ4v) is 3.21. The van der Waals surface area contributed by atoms with Crippen molar-refractivity contribution in [1.29, 1.82) is 0 Å². The normalized spacial score (nSPS) is 15.9. The van der Waals surface area contributed by atoms with Crippen LogP contribution in [0.2, 0.25) is 0 Å². The molecular weight excluding hydrogens is 331 g/mol. The Labute approximate surface area is 152 Å². The summed E-state index contributed by atoms with van der Waals surface area (Å²) in [5.41, 5.74) is 3.08. The van der Waals surface area contributed by atoms with E-state index >= 15 is 0 Å². The van der Waals surface area contributed by atoms with Crippen molar-refractivity contribution in [2.75, 3.05) is 6.54 Å². The maximum Gasteiger partial charge on any atom is 0.246 e. The minimum absolute atomic E-state index is 0.184. The number of carbonyl (C=O) groups excluding carboxylic acids is 2. The molecule has 0 aliphatic carbocycles. The van der Waals surface area contributed by atoms with Gasteiger partial charge in [0.2, 0.25) is 11.8 Å². The fourth-order valence-electron chi connectivity index (χ4n) is 3.21. The van der Waals surface area contributed by atoms with Gasteiger partial charge in [0.05, 0.1) is 0 Å². The molecule has 1 aliphatic rings. The smallest absolute Gasteiger partial charge is 0.246 e. The second kappa shape index (κ2) is 7.95. The SMILES string of the molecule is C=CC(=O)N1Cc2ccccc2C[C@H]1C(=O)NCCc1ccc(F)cc1. The Bertz CT molecular complexity index is 817. The molecule has 0 saturated heterocycles. The van der Waals surface area contributed by atoms with Crippen LogP contribution in [0.25, 0.3) is 0 Å². The first-order valence-corrected chi connectivity index (χ1v) is 8.60. The maximum atomic E-state index is 12.9. The Morgan fingerprint density at radius 2 is 1.85 bits per heavy atom. The van der Waals surface area contributed by atoms with E-state index in [0.717, 1.165) is 16.7 Å². The molecule has 134 valence electrons. The number of rotatable bonds is 5. The van der Waals surface area contributed by atoms with Gasteiger partial charge in [-0.15, -0.1) is 0 Å². The lowest BCUT2D eigenvalue weighted by Crippen LogP contribution is -2.52. The van der Waals surface area contributed by atoms with Gasteiger partial charge in [0.25, 0.3) is 0 Å². The number of hydrogen-bond donors (Lipinski definition) is 1. The van der Waals surface area contributed by atoms with Gasteiger partial charge in [0.15, 0.2) is 0 Å². The van der Waals surface area contributed by atoms with Crippen molar-refractivity contribution in [3.05, 3.63) is 83.7 Å². The molecule has 5 heteroatoms. The summed E-state index contributed by atoms with van der Waals surface area (Å²) in [6, 6.07) is 13.5. The van der Waals surface area contributed by atoms with Crippen LogP contribution in [0.1, 0.15) is 16.7 Å². The van der Waals surface area contributed by atoms with Crippen LogP contribution < -0.4 is 5.32 Å². The van der Waals surface area contributed by atoms with Crippen LogP contribution in [0.5, 0.6) is 0 Å². The van der Waals surface area contributed by atoms with Crippen LogP contribution in [0.15, 0.2) is 61.2 Å². The second-order valence-electron chi connectivity index (χ2n) is 6.33. The molecule has 4 nitrogen and oxygen atoms in total. The molecular formula is C21H21FN2O2. The molecule has 0 bridgehead atoms. The van der Waals surface area contributed by atoms with Crippen molar-refractivity contribution in [2.45, 2.75) is 25.4 Å². The zero-order valence-electron chi connectivity index (χ0n) is 14.5. The van der Waals surface area contributed by atoms with Gasteiger partial charge in [-0.2, -0.15) is 0 Å². The molecule has 3 rings (SSSR count). The highest BCUT2D eigenvalue weighted by molar-refractivity contribution is 5.93. The molecule has 1 heterocycles. The Kier molecular flexibility index (Phi) is 5.46. The third-order valence-electron chi connectivity index (χ3n) is 4.64. The minimum atomic E-state index is -0.552. The average molecular weight is 352 g/mol. The van der Waals surface area contributed by atoms with E-state index in [2.05, 4.69) is 11.9 Å². The molecule has 2 amide bonds. The van der Waals surface area contributed by atoms with Crippen molar-refractivity contribution in [3.8, 4) is 0 Å². The summed E-state index contributed by atoms with van der Waals surface area (Å²) in [5, 5.41) is 2.89. The minimum Gasteiger partial charge on any atom is -0.354 e. The molecule has 1 atom stereocenters. The van der Waals surface area contributed by atoms with Crippen LogP contribution in [0.3, 0.4) is 0 Å². The molecule has 0 saturated carbocycles. The van der Waals surface area contributed by atoms with Crippen molar-refractivity contribution in [2.24, 2.45) is 0 Å². The van der Waals surface area contributed by atoms with E-state index in [1.807, 2.05) is 24.3 Å². The van der Waals surface area contributed by atoms with E-state index in [0.29, 0.717) is 25.9 Å². The van der Waals surface area contributed by atoms with E-state index in [4.69, 9.17) is 0 Å². The lowest BCUT2D eigenvalue weighted by molar-refractivity contribution is -0.138. The third kappa shape index (κ3) is 3.99. The number of fused-ring (bicyclic) bond motifs is 1. The Hall–Kier alpha value is -2.95. The summed E-state index contributed by atoms with van der Waals surface area (Å²) in [5.74, 6) is -0.716. The molecule has 0 unspecified atom stereocenters. The first-order valence-electron chi connectivity index (χ1n) is 8.60. The van der Waals surface area contributed by atoms with E-state index in [-0.39, 0.29) is 17.6 Å². The summed E-state index contributed by atoms with van der Waals surface area (Å²) in [4.78, 5) is 26.5. The summed E-state index contributed by atoms with van der Waals surface area (Å²) in [6.07, 6.45) is 2.33. The van der Waals surface area contributed by atoms with Crippen LogP contribution in [-0.2, 0) is 29.0 Å². The van der Waals surface area contributed by atoms with Gasteiger partial charge in [0, 0.05) is 19.5 Å². The van der Waals surface area contributed by atoms with Gasteiger partial charge in [-0.05, 0) is 41.3 Å². The second-order valence-corrected chi connectivity index (χ2v) is 6.33. The van der Waals surface area contributed by atoms with Gasteiger partial charge in [-0.25, -0.2) is 4.39 Å². The van der Waals surface area contributed by atoms with Gasteiger partial charge in [-0.3, -0.25) is 9.59 Å². The molecule has 2 aromatic carbocycles. The van der Waals surface area contributed by atoms with Crippen molar-refractivity contribution < 1.29 is 14.0 Å². The quantitative estimate of drug-likeness (QED) is 0.841. The van der Waals surface area contributed by atoms with Crippen LogP contribution in [0, 0.1) is 5.82 Å². The lowest BCUT2D eigenvalue weighted by Gasteiger charge is -2.35. The molecule has 1 N–H and O–H groups in total. The highest BCUT2D eigenvalue weighted by Gasteiger charge is 2.33. The standard InChI is InChI=1S/C21H21FN2O2/c1-2-20(25)24-14-17-6-4-3-5-16(17)13-19(24)21(26)23-12-11-15-7-9-18(22)10-8-15/h2-10,19H,1,11-14H2,(H,23,26)/t19-/m0/s1. The van der Waals surface area contributed by atoms with E-state index in [9.17, 15) is 14.0 Å². The topological polar surface area (TPSA) is 49.4 Å². The number of nitrogens with zero attached hydrogens (tertiary/aromatic N) is 1. The molecule has 0 aromatic heterocycles. The monoisotopic (exact) mass is 352 g/mol. The molecule has 2 aromatic rings. The zero-order chi connectivity index (χ0) is 18.5. The number of hydrogen-bond acceptors (Lipinski definition) is 2. The van der Waals surface area contributed by atoms with Gasteiger partial charge in [-0.1, -0.05) is 43.0 Å². The van der Waals surface area contributed by atoms with Gasteiger partial charge < -0.3 is 10.2 Å². The molecule has 1 aliphatic heterocycles. The number of amides is 2. The van der Waals surface area contributed by atoms with Crippen LogP contribution in [-0.4, -0.2) is 29.3 Å². The molecule has 26 heavy (non-hydrogen) atoms. The summed E-state index contributed by atoms with van der Waals surface area (Å²) in [7, 11) is 0. The van der Waals surface area contributed by atoms with Crippen LogP contribution in [0.4, 0.5) is 4.39 Å². The van der Waals surface area contributed by atoms with E-state index < -0.39 is 6.04 Å². The third-order valence-corrected chi connectivity index (χ3v) is 4.64. The van der Waals surface area contributed by atoms with E-state index in [1.165, 1.54) is 18.2 Å². The fraction of sp³-hybridized carbons (Fsp3) is 0.238. The Balaban J connectivity index is 1.66. The predicted molar refractivity (Wildman–Crippen MR) is 97.8 cm³/mol. The van der Waals surface area contributed by atoms with Crippen molar-refractivity contribution >= 4 is 11.8 Å². The highest BCUT2D eigenvalue weighted by atomic mass is 19.1. The predicted octanol–water partition coefficient (Wildman–Crippen LogP) is 2.62. The Morgan fingerprint density at radius 1 is 1.15 bits per heavy atom. The number of halogens is 1. The first kappa shape index (κ1) is 17.9. The van der Waals surface area contributed by atoms with E-state index in [1.54, 1.807) is 17.0 Å². The summed E-state index contributed by atoms with van der Waals surface area (Å²) in [6.45, 7) is 4.37. The lowest BCUT2D eigenvalue weighted by atomic mass is 9.93. The first-order chi connectivity index (χ1) is 12.6. The molecule has 0 radical (unpaired) electrons. The van der Waals surface area contributed by atoms with Crippen molar-refractivity contribution in [1.82, 2.24) is 10.2 Å². The zero-order valence-corrected chi connectivity index (χ0v) is 14.5. The number of nitrogens with one attached hydrogen (secondary N) is 1. The summed E-state index contributed by atoms with van der Waals surface area (Å²) >= 11 is 0. The molecule has 0 spiro atoms. The highest BCUT2D eigenvalue weighted by Crippen LogP contribution is 2.23. The van der Waals surface area contributed by atoms with Gasteiger partial charge >= 0.3 is 0 Å². The largest absolute Gasteiger partial charge is 0.354 e. The molecule has 0 fully saturated rings. The number of carbonyl (C=O) groups is 2. The maximum absolute atomic E-state index is 12.9. The van der Waals surface area contributed by atoms with Gasteiger partial charge in [0.1, 0.15) is 11.9 Å². The van der Waals surface area contributed by atoms with Crippen molar-refractivity contribution in [3.63, 3.8) is 0 Å². The average Bonchev–Trinajstić information content (AvgIpc) is 2.67. The summed E-state index contributed by atoms with van der Waals surface area (Å²) < 4.78 is 12.9. The number of benzene rings is 2. The van der Waals surface area contributed by atoms with Crippen LogP contribution >= 0.6 is 0 Å². The Morgan fingerprint density at radius 3 is 2.54 bits per heavy atom.